The van der Waals surface area contributed by atoms with E-state index in [9.17, 15) is 4.79 Å². The van der Waals surface area contributed by atoms with Crippen LogP contribution in [-0.2, 0) is 6.54 Å². The monoisotopic (exact) mass is 374 g/mol. The Labute approximate surface area is 163 Å². The van der Waals surface area contributed by atoms with E-state index in [1.807, 2.05) is 55.6 Å². The lowest BCUT2D eigenvalue weighted by molar-refractivity contribution is 0.0786. The van der Waals surface area contributed by atoms with Crippen LogP contribution in [0.1, 0.15) is 40.4 Å². The van der Waals surface area contributed by atoms with Gasteiger partial charge in [0.1, 0.15) is 13.2 Å². The molecule has 1 saturated carbocycles. The second kappa shape index (κ2) is 6.82. The van der Waals surface area contributed by atoms with Gasteiger partial charge in [0.25, 0.3) is 5.91 Å². The minimum Gasteiger partial charge on any atom is -0.486 e. The molecule has 5 nitrogen and oxygen atoms in total. The maximum Gasteiger partial charge on any atom is 0.254 e. The van der Waals surface area contributed by atoms with Gasteiger partial charge in [0.15, 0.2) is 11.5 Å². The first kappa shape index (κ1) is 17.0. The van der Waals surface area contributed by atoms with Gasteiger partial charge < -0.3 is 14.4 Å². The molecule has 0 saturated heterocycles. The van der Waals surface area contributed by atoms with Crippen molar-refractivity contribution in [3.8, 4) is 11.5 Å². The number of hydrogen-bond acceptors (Lipinski definition) is 4. The molecule has 28 heavy (non-hydrogen) atoms. The number of pyridine rings is 1. The highest BCUT2D eigenvalue weighted by atomic mass is 16.6. The molecule has 1 aliphatic carbocycles. The number of carbonyl (C=O) groups is 1. The SMILES string of the molecule is CN(Cc1ccc2c(c1)OCCO2)C(=O)c1cc(C2CC2)nc2ccccc12. The predicted molar refractivity (Wildman–Crippen MR) is 107 cm³/mol. The summed E-state index contributed by atoms with van der Waals surface area (Å²) in [4.78, 5) is 19.8. The van der Waals surface area contributed by atoms with Crippen molar-refractivity contribution in [2.75, 3.05) is 20.3 Å². The number of benzene rings is 2. The summed E-state index contributed by atoms with van der Waals surface area (Å²) in [7, 11) is 1.84. The summed E-state index contributed by atoms with van der Waals surface area (Å²) in [6, 6.07) is 15.7. The minimum atomic E-state index is 0.00962. The van der Waals surface area contributed by atoms with Gasteiger partial charge >= 0.3 is 0 Å². The van der Waals surface area contributed by atoms with Gasteiger partial charge in [-0.3, -0.25) is 9.78 Å². The van der Waals surface area contributed by atoms with Crippen LogP contribution in [0.2, 0.25) is 0 Å². The third-order valence-electron chi connectivity index (χ3n) is 5.34. The van der Waals surface area contributed by atoms with Crippen molar-refractivity contribution in [2.24, 2.45) is 0 Å². The van der Waals surface area contributed by atoms with E-state index in [1.165, 1.54) is 0 Å². The molecule has 142 valence electrons. The van der Waals surface area contributed by atoms with Crippen molar-refractivity contribution in [1.82, 2.24) is 9.88 Å². The van der Waals surface area contributed by atoms with Crippen LogP contribution in [0.3, 0.4) is 0 Å². The Hall–Kier alpha value is -3.08. The summed E-state index contributed by atoms with van der Waals surface area (Å²) in [6.07, 6.45) is 2.32. The van der Waals surface area contributed by atoms with E-state index in [0.29, 0.717) is 25.7 Å². The van der Waals surface area contributed by atoms with Crippen LogP contribution in [0.25, 0.3) is 10.9 Å². The third-order valence-corrected chi connectivity index (χ3v) is 5.34. The lowest BCUT2D eigenvalue weighted by atomic mass is 10.0. The Balaban J connectivity index is 1.44. The lowest BCUT2D eigenvalue weighted by Crippen LogP contribution is -2.27. The predicted octanol–water partition coefficient (Wildman–Crippen LogP) is 4.16. The average Bonchev–Trinajstić information content (AvgIpc) is 3.58. The highest BCUT2D eigenvalue weighted by Crippen LogP contribution is 2.40. The summed E-state index contributed by atoms with van der Waals surface area (Å²) in [5, 5.41) is 0.908. The molecule has 0 radical (unpaired) electrons. The molecular weight excluding hydrogens is 352 g/mol. The minimum absolute atomic E-state index is 0.00962. The van der Waals surface area contributed by atoms with Crippen LogP contribution in [0.4, 0.5) is 0 Å². The van der Waals surface area contributed by atoms with E-state index in [1.54, 1.807) is 4.90 Å². The van der Waals surface area contributed by atoms with Crippen molar-refractivity contribution >= 4 is 16.8 Å². The van der Waals surface area contributed by atoms with E-state index < -0.39 is 0 Å². The molecule has 2 heterocycles. The van der Waals surface area contributed by atoms with Gasteiger partial charge in [0.2, 0.25) is 0 Å². The molecule has 0 atom stereocenters. The van der Waals surface area contributed by atoms with Gasteiger partial charge in [0, 0.05) is 30.6 Å². The van der Waals surface area contributed by atoms with Gasteiger partial charge in [-0.25, -0.2) is 0 Å². The molecule has 0 N–H and O–H groups in total. The Morgan fingerprint density at radius 1 is 1.07 bits per heavy atom. The molecule has 1 aliphatic heterocycles. The molecule has 0 bridgehead atoms. The third kappa shape index (κ3) is 3.17. The quantitative estimate of drug-likeness (QED) is 0.688. The fraction of sp³-hybridized carbons (Fsp3) is 0.304. The van der Waals surface area contributed by atoms with E-state index in [2.05, 4.69) is 0 Å². The van der Waals surface area contributed by atoms with Crippen molar-refractivity contribution < 1.29 is 14.3 Å². The van der Waals surface area contributed by atoms with Gasteiger partial charge in [-0.1, -0.05) is 24.3 Å². The second-order valence-corrected chi connectivity index (χ2v) is 7.53. The molecule has 5 rings (SSSR count). The summed E-state index contributed by atoms with van der Waals surface area (Å²) >= 11 is 0. The van der Waals surface area contributed by atoms with E-state index in [-0.39, 0.29) is 5.91 Å². The number of hydrogen-bond donors (Lipinski definition) is 0. The fourth-order valence-electron chi connectivity index (χ4n) is 3.70. The van der Waals surface area contributed by atoms with Crippen molar-refractivity contribution in [3.05, 3.63) is 65.4 Å². The van der Waals surface area contributed by atoms with Crippen LogP contribution in [-0.4, -0.2) is 36.1 Å². The molecule has 3 aromatic rings. The van der Waals surface area contributed by atoms with Crippen molar-refractivity contribution in [2.45, 2.75) is 25.3 Å². The van der Waals surface area contributed by atoms with E-state index in [4.69, 9.17) is 14.5 Å². The Morgan fingerprint density at radius 3 is 2.68 bits per heavy atom. The summed E-state index contributed by atoms with van der Waals surface area (Å²) in [5.74, 6) is 2.02. The zero-order valence-electron chi connectivity index (χ0n) is 15.9. The first-order valence-electron chi connectivity index (χ1n) is 9.73. The van der Waals surface area contributed by atoms with Crippen molar-refractivity contribution in [1.29, 1.82) is 0 Å². The van der Waals surface area contributed by atoms with E-state index in [0.717, 1.165) is 52.1 Å². The second-order valence-electron chi connectivity index (χ2n) is 7.53. The first-order chi connectivity index (χ1) is 13.7. The van der Waals surface area contributed by atoms with E-state index >= 15 is 0 Å². The molecule has 1 aromatic heterocycles. The number of nitrogens with zero attached hydrogens (tertiary/aromatic N) is 2. The van der Waals surface area contributed by atoms with Crippen LogP contribution in [0, 0.1) is 0 Å². The molecular formula is C23H22N2O3. The van der Waals surface area contributed by atoms with Crippen LogP contribution >= 0.6 is 0 Å². The zero-order chi connectivity index (χ0) is 19.1. The van der Waals surface area contributed by atoms with Crippen LogP contribution in [0.15, 0.2) is 48.5 Å². The largest absolute Gasteiger partial charge is 0.486 e. The Kier molecular flexibility index (Phi) is 4.15. The number of para-hydroxylation sites is 1. The fourth-order valence-corrected chi connectivity index (χ4v) is 3.70. The highest BCUT2D eigenvalue weighted by Gasteiger charge is 2.27. The normalized spacial score (nSPS) is 15.5. The molecule has 0 unspecified atom stereocenters. The number of carbonyl (C=O) groups excluding carboxylic acids is 1. The average molecular weight is 374 g/mol. The van der Waals surface area contributed by atoms with Crippen LogP contribution < -0.4 is 9.47 Å². The lowest BCUT2D eigenvalue weighted by Gasteiger charge is -2.22. The summed E-state index contributed by atoms with van der Waals surface area (Å²) in [5.41, 5.74) is 3.67. The molecule has 0 spiro atoms. The Bertz CT molecular complexity index is 1060. The molecule has 1 amide bonds. The van der Waals surface area contributed by atoms with Crippen molar-refractivity contribution in [3.63, 3.8) is 0 Å². The number of ether oxygens (including phenoxy) is 2. The molecule has 2 aliphatic rings. The molecule has 2 aromatic carbocycles. The number of rotatable bonds is 4. The van der Waals surface area contributed by atoms with Gasteiger partial charge in [-0.2, -0.15) is 0 Å². The Morgan fingerprint density at radius 2 is 1.86 bits per heavy atom. The molecule has 1 fully saturated rings. The van der Waals surface area contributed by atoms with Gasteiger partial charge in [-0.15, -0.1) is 0 Å². The first-order valence-corrected chi connectivity index (χ1v) is 9.73. The maximum atomic E-state index is 13.3. The van der Waals surface area contributed by atoms with Crippen LogP contribution in [0.5, 0.6) is 11.5 Å². The molecule has 5 heteroatoms. The van der Waals surface area contributed by atoms with Gasteiger partial charge in [0.05, 0.1) is 11.1 Å². The summed E-state index contributed by atoms with van der Waals surface area (Å²) in [6.45, 7) is 1.63. The number of amides is 1. The standard InChI is InChI=1S/C23H22N2O3/c1-25(14-15-6-9-21-22(12-15)28-11-10-27-21)23(26)18-13-20(16-7-8-16)24-19-5-3-2-4-17(18)19/h2-6,9,12-13,16H,7-8,10-11,14H2,1H3. The summed E-state index contributed by atoms with van der Waals surface area (Å²) < 4.78 is 11.2. The number of fused-ring (bicyclic) bond motifs is 2. The zero-order valence-corrected chi connectivity index (χ0v) is 15.9. The topological polar surface area (TPSA) is 51.7 Å². The highest BCUT2D eigenvalue weighted by molar-refractivity contribution is 6.06. The number of aromatic nitrogens is 1. The maximum absolute atomic E-state index is 13.3. The smallest absolute Gasteiger partial charge is 0.254 e. The van der Waals surface area contributed by atoms with Gasteiger partial charge in [-0.05, 0) is 42.7 Å².